The summed E-state index contributed by atoms with van der Waals surface area (Å²) in [5, 5.41) is 8.64. The van der Waals surface area contributed by atoms with Crippen LogP contribution in [0, 0.1) is 5.92 Å². The van der Waals surface area contributed by atoms with Crippen molar-refractivity contribution >= 4 is 22.4 Å². The summed E-state index contributed by atoms with van der Waals surface area (Å²) >= 11 is 1.46. The lowest BCUT2D eigenvalue weighted by Crippen LogP contribution is -2.46. The minimum absolute atomic E-state index is 0.0497. The van der Waals surface area contributed by atoms with E-state index in [1.807, 2.05) is 19.4 Å². The molecule has 0 bridgehead atoms. The van der Waals surface area contributed by atoms with E-state index in [1.165, 1.54) is 30.6 Å². The normalized spacial score (nSPS) is 18.9. The van der Waals surface area contributed by atoms with Crippen molar-refractivity contribution in [2.75, 3.05) is 32.0 Å². The van der Waals surface area contributed by atoms with Crippen LogP contribution in [0.4, 0.5) is 5.13 Å². The van der Waals surface area contributed by atoms with Gasteiger partial charge in [-0.3, -0.25) is 9.69 Å². The fourth-order valence-corrected chi connectivity index (χ4v) is 3.17. The maximum Gasteiger partial charge on any atom is 0.243 e. The average molecular weight is 296 g/mol. The summed E-state index contributed by atoms with van der Waals surface area (Å²) in [5.74, 6) is 0.849. The van der Waals surface area contributed by atoms with Gasteiger partial charge in [0, 0.05) is 11.6 Å². The smallest absolute Gasteiger partial charge is 0.243 e. The highest BCUT2D eigenvalue weighted by atomic mass is 32.1. The number of rotatable bonds is 6. The van der Waals surface area contributed by atoms with Gasteiger partial charge in [0.2, 0.25) is 5.91 Å². The molecule has 0 radical (unpaired) electrons. The van der Waals surface area contributed by atoms with E-state index in [2.05, 4.69) is 20.5 Å². The highest BCUT2D eigenvalue weighted by molar-refractivity contribution is 7.13. The van der Waals surface area contributed by atoms with Crippen molar-refractivity contribution in [2.45, 2.75) is 32.2 Å². The summed E-state index contributed by atoms with van der Waals surface area (Å²) in [5.41, 5.74) is 0. The number of aromatic nitrogens is 1. The molecule has 2 heterocycles. The van der Waals surface area contributed by atoms with Crippen molar-refractivity contribution < 1.29 is 4.79 Å². The zero-order valence-corrected chi connectivity index (χ0v) is 13.1. The first-order chi connectivity index (χ1) is 9.70. The van der Waals surface area contributed by atoms with Crippen LogP contribution in [0.3, 0.4) is 0 Å². The molecule has 1 fully saturated rings. The molecule has 0 saturated carbocycles. The summed E-state index contributed by atoms with van der Waals surface area (Å²) in [6.07, 6.45) is 5.33. The van der Waals surface area contributed by atoms with E-state index in [9.17, 15) is 4.79 Å². The number of hydrogen-bond acceptors (Lipinski definition) is 5. The molecule has 1 amide bonds. The minimum Gasteiger partial charge on any atom is -0.320 e. The number of hydrogen-bond donors (Lipinski definition) is 2. The zero-order valence-electron chi connectivity index (χ0n) is 12.3. The second-order valence-electron chi connectivity index (χ2n) is 5.37. The topological polar surface area (TPSA) is 57.3 Å². The van der Waals surface area contributed by atoms with E-state index in [-0.39, 0.29) is 11.9 Å². The van der Waals surface area contributed by atoms with Gasteiger partial charge in [0.15, 0.2) is 5.13 Å². The molecule has 2 N–H and O–H groups in total. The number of nitrogens with one attached hydrogen (secondary N) is 2. The number of piperidine rings is 1. The number of likely N-dealkylation sites (tertiary alicyclic amines) is 1. The van der Waals surface area contributed by atoms with Crippen LogP contribution in [0.15, 0.2) is 11.6 Å². The molecule has 0 spiro atoms. The van der Waals surface area contributed by atoms with Crippen LogP contribution in [0.2, 0.25) is 0 Å². The lowest BCUT2D eigenvalue weighted by Gasteiger charge is -2.35. The average Bonchev–Trinajstić information content (AvgIpc) is 2.97. The number of anilines is 1. The van der Waals surface area contributed by atoms with Crippen LogP contribution in [-0.4, -0.2) is 48.5 Å². The van der Waals surface area contributed by atoms with Crippen molar-refractivity contribution in [1.29, 1.82) is 0 Å². The van der Waals surface area contributed by atoms with E-state index in [0.29, 0.717) is 5.13 Å². The molecule has 20 heavy (non-hydrogen) atoms. The SMILES string of the molecule is CNCCC1CCN(C(C)C(=O)Nc2nccs2)CC1. The monoisotopic (exact) mass is 296 g/mol. The highest BCUT2D eigenvalue weighted by Crippen LogP contribution is 2.22. The Morgan fingerprint density at radius 1 is 1.55 bits per heavy atom. The third-order valence-corrected chi connectivity index (χ3v) is 4.73. The molecule has 1 unspecified atom stereocenters. The predicted molar refractivity (Wildman–Crippen MR) is 83.0 cm³/mol. The summed E-state index contributed by atoms with van der Waals surface area (Å²) in [4.78, 5) is 18.5. The summed E-state index contributed by atoms with van der Waals surface area (Å²) in [6.45, 7) is 5.10. The summed E-state index contributed by atoms with van der Waals surface area (Å²) < 4.78 is 0. The molecular weight excluding hydrogens is 272 g/mol. The van der Waals surface area contributed by atoms with Gasteiger partial charge in [-0.15, -0.1) is 11.3 Å². The molecular formula is C14H24N4OS. The van der Waals surface area contributed by atoms with Crippen LogP contribution in [0.1, 0.15) is 26.2 Å². The van der Waals surface area contributed by atoms with Gasteiger partial charge in [0.25, 0.3) is 0 Å². The molecule has 1 atom stereocenters. The Morgan fingerprint density at radius 2 is 2.30 bits per heavy atom. The predicted octanol–water partition coefficient (Wildman–Crippen LogP) is 1.79. The van der Waals surface area contributed by atoms with E-state index < -0.39 is 0 Å². The van der Waals surface area contributed by atoms with Gasteiger partial charge in [0.05, 0.1) is 6.04 Å². The molecule has 5 nitrogen and oxygen atoms in total. The molecule has 2 rings (SSSR count). The van der Waals surface area contributed by atoms with Crippen LogP contribution in [-0.2, 0) is 4.79 Å². The fourth-order valence-electron chi connectivity index (χ4n) is 2.64. The highest BCUT2D eigenvalue weighted by Gasteiger charge is 2.26. The summed E-state index contributed by atoms with van der Waals surface area (Å²) in [6, 6.07) is -0.0795. The Kier molecular flexibility index (Phi) is 5.94. The van der Waals surface area contributed by atoms with Crippen LogP contribution in [0.5, 0.6) is 0 Å². The van der Waals surface area contributed by atoms with Gasteiger partial charge in [-0.2, -0.15) is 0 Å². The van der Waals surface area contributed by atoms with Crippen molar-refractivity contribution in [3.63, 3.8) is 0 Å². The molecule has 1 aromatic rings. The van der Waals surface area contributed by atoms with Crippen molar-refractivity contribution in [3.8, 4) is 0 Å². The molecule has 1 aliphatic heterocycles. The van der Waals surface area contributed by atoms with Gasteiger partial charge in [0.1, 0.15) is 0 Å². The van der Waals surface area contributed by atoms with E-state index in [4.69, 9.17) is 0 Å². The second kappa shape index (κ2) is 7.71. The Balaban J connectivity index is 1.76. The molecule has 0 aliphatic carbocycles. The van der Waals surface area contributed by atoms with Gasteiger partial charge < -0.3 is 10.6 Å². The Bertz CT molecular complexity index is 401. The Morgan fingerprint density at radius 3 is 2.90 bits per heavy atom. The van der Waals surface area contributed by atoms with Crippen LogP contribution >= 0.6 is 11.3 Å². The maximum atomic E-state index is 12.2. The number of carbonyl (C=O) groups excluding carboxylic acids is 1. The third-order valence-electron chi connectivity index (χ3n) is 4.04. The molecule has 1 aromatic heterocycles. The van der Waals surface area contributed by atoms with E-state index in [1.54, 1.807) is 6.20 Å². The van der Waals surface area contributed by atoms with Crippen LogP contribution < -0.4 is 10.6 Å². The van der Waals surface area contributed by atoms with Gasteiger partial charge in [-0.1, -0.05) is 0 Å². The fraction of sp³-hybridized carbons (Fsp3) is 0.714. The lowest BCUT2D eigenvalue weighted by molar-refractivity contribution is -0.121. The summed E-state index contributed by atoms with van der Waals surface area (Å²) in [7, 11) is 2.00. The maximum absolute atomic E-state index is 12.2. The van der Waals surface area contributed by atoms with Crippen molar-refractivity contribution in [3.05, 3.63) is 11.6 Å². The molecule has 6 heteroatoms. The van der Waals surface area contributed by atoms with E-state index >= 15 is 0 Å². The first-order valence-electron chi connectivity index (χ1n) is 7.29. The first-order valence-corrected chi connectivity index (χ1v) is 8.17. The number of nitrogens with zero attached hydrogens (tertiary/aromatic N) is 2. The largest absolute Gasteiger partial charge is 0.320 e. The van der Waals surface area contributed by atoms with Crippen molar-refractivity contribution in [2.24, 2.45) is 5.92 Å². The van der Waals surface area contributed by atoms with Crippen LogP contribution in [0.25, 0.3) is 0 Å². The zero-order chi connectivity index (χ0) is 14.4. The third kappa shape index (κ3) is 4.26. The standard InChI is InChI=1S/C14H24N4OS/c1-11(13(19)17-14-16-7-10-20-14)18-8-4-12(5-9-18)3-6-15-2/h7,10-12,15H,3-6,8-9H2,1-2H3,(H,16,17,19). The second-order valence-corrected chi connectivity index (χ2v) is 6.27. The molecule has 1 saturated heterocycles. The lowest BCUT2D eigenvalue weighted by atomic mass is 9.93. The minimum atomic E-state index is -0.0795. The first kappa shape index (κ1) is 15.4. The Labute approximate surface area is 124 Å². The van der Waals surface area contributed by atoms with Crippen molar-refractivity contribution in [1.82, 2.24) is 15.2 Å². The quantitative estimate of drug-likeness (QED) is 0.840. The Hall–Kier alpha value is -0.980. The number of carbonyl (C=O) groups is 1. The van der Waals surface area contributed by atoms with Gasteiger partial charge in [-0.05, 0) is 58.8 Å². The van der Waals surface area contributed by atoms with E-state index in [0.717, 1.165) is 25.6 Å². The van der Waals surface area contributed by atoms with Gasteiger partial charge in [-0.25, -0.2) is 4.98 Å². The molecule has 0 aromatic carbocycles. The molecule has 1 aliphatic rings. The number of amides is 1. The number of thiazole rings is 1. The van der Waals surface area contributed by atoms with Gasteiger partial charge >= 0.3 is 0 Å². The molecule has 112 valence electrons.